The summed E-state index contributed by atoms with van der Waals surface area (Å²) in [7, 11) is 0. The van der Waals surface area contributed by atoms with Crippen molar-refractivity contribution in [1.82, 2.24) is 4.90 Å². The standard InChI is InChI=1S/C16H25N3O/c1-5-12(4)19-15(10-18-16(19)17)13-7-6-8-14(9-13)20-11(2)3/h6-9,11-12,15H,5,10H2,1-4H3,(H2,17,18). The Morgan fingerprint density at radius 3 is 2.80 bits per heavy atom. The maximum Gasteiger partial charge on any atom is 0.192 e. The fraction of sp³-hybridized carbons (Fsp3) is 0.562. The molecule has 0 radical (unpaired) electrons. The molecule has 0 saturated carbocycles. The molecule has 1 aromatic carbocycles. The molecular weight excluding hydrogens is 250 g/mol. The van der Waals surface area contributed by atoms with E-state index in [1.165, 1.54) is 5.56 Å². The summed E-state index contributed by atoms with van der Waals surface area (Å²) in [5.41, 5.74) is 7.26. The molecule has 2 N–H and O–H groups in total. The van der Waals surface area contributed by atoms with Gasteiger partial charge in [-0.1, -0.05) is 19.1 Å². The van der Waals surface area contributed by atoms with E-state index in [0.717, 1.165) is 18.7 Å². The Labute approximate surface area is 121 Å². The van der Waals surface area contributed by atoms with Crippen molar-refractivity contribution in [2.24, 2.45) is 10.7 Å². The van der Waals surface area contributed by atoms with Gasteiger partial charge in [-0.25, -0.2) is 0 Å². The molecule has 2 atom stereocenters. The summed E-state index contributed by atoms with van der Waals surface area (Å²) >= 11 is 0. The van der Waals surface area contributed by atoms with Gasteiger partial charge < -0.3 is 15.4 Å². The molecule has 2 rings (SSSR count). The van der Waals surface area contributed by atoms with Crippen LogP contribution in [-0.2, 0) is 0 Å². The first-order valence-corrected chi connectivity index (χ1v) is 7.37. The predicted molar refractivity (Wildman–Crippen MR) is 83.0 cm³/mol. The minimum Gasteiger partial charge on any atom is -0.491 e. The second-order valence-corrected chi connectivity index (χ2v) is 5.62. The zero-order valence-corrected chi connectivity index (χ0v) is 12.8. The van der Waals surface area contributed by atoms with Gasteiger partial charge in [0.05, 0.1) is 18.7 Å². The van der Waals surface area contributed by atoms with Gasteiger partial charge in [0.25, 0.3) is 0 Å². The van der Waals surface area contributed by atoms with Gasteiger partial charge in [-0.15, -0.1) is 0 Å². The molecule has 4 heteroatoms. The van der Waals surface area contributed by atoms with Crippen LogP contribution in [0.25, 0.3) is 0 Å². The lowest BCUT2D eigenvalue weighted by Crippen LogP contribution is -2.42. The van der Waals surface area contributed by atoms with Gasteiger partial charge in [-0.2, -0.15) is 0 Å². The highest BCUT2D eigenvalue weighted by atomic mass is 16.5. The topological polar surface area (TPSA) is 50.8 Å². The quantitative estimate of drug-likeness (QED) is 0.899. The zero-order valence-electron chi connectivity index (χ0n) is 12.8. The molecule has 110 valence electrons. The lowest BCUT2D eigenvalue weighted by molar-refractivity contribution is 0.239. The Kier molecular flexibility index (Phi) is 4.53. The second-order valence-electron chi connectivity index (χ2n) is 5.62. The van der Waals surface area contributed by atoms with E-state index in [1.807, 2.05) is 26.0 Å². The summed E-state index contributed by atoms with van der Waals surface area (Å²) in [5, 5.41) is 0. The largest absolute Gasteiger partial charge is 0.491 e. The average molecular weight is 275 g/mol. The number of nitrogens with zero attached hydrogens (tertiary/aromatic N) is 2. The molecule has 0 aliphatic carbocycles. The highest BCUT2D eigenvalue weighted by Gasteiger charge is 2.30. The third-order valence-corrected chi connectivity index (χ3v) is 3.71. The molecule has 20 heavy (non-hydrogen) atoms. The summed E-state index contributed by atoms with van der Waals surface area (Å²) in [6, 6.07) is 8.88. The van der Waals surface area contributed by atoms with E-state index in [9.17, 15) is 0 Å². The fourth-order valence-electron chi connectivity index (χ4n) is 2.57. The van der Waals surface area contributed by atoms with Crippen molar-refractivity contribution in [3.8, 4) is 5.75 Å². The van der Waals surface area contributed by atoms with Crippen LogP contribution in [-0.4, -0.2) is 29.6 Å². The number of rotatable bonds is 5. The van der Waals surface area contributed by atoms with Crippen molar-refractivity contribution in [2.45, 2.75) is 52.3 Å². The van der Waals surface area contributed by atoms with Crippen molar-refractivity contribution in [2.75, 3.05) is 6.54 Å². The molecule has 1 aliphatic heterocycles. The first-order valence-electron chi connectivity index (χ1n) is 7.37. The Hall–Kier alpha value is -1.71. The van der Waals surface area contributed by atoms with Crippen molar-refractivity contribution >= 4 is 5.96 Å². The minimum absolute atomic E-state index is 0.181. The third kappa shape index (κ3) is 3.06. The molecule has 1 aliphatic rings. The molecule has 0 saturated heterocycles. The summed E-state index contributed by atoms with van der Waals surface area (Å²) in [6.07, 6.45) is 1.23. The lowest BCUT2D eigenvalue weighted by Gasteiger charge is -2.32. The van der Waals surface area contributed by atoms with Gasteiger partial charge in [0.2, 0.25) is 0 Å². The average Bonchev–Trinajstić information content (AvgIpc) is 2.79. The van der Waals surface area contributed by atoms with Crippen LogP contribution >= 0.6 is 0 Å². The van der Waals surface area contributed by atoms with E-state index in [0.29, 0.717) is 12.0 Å². The van der Waals surface area contributed by atoms with Crippen LogP contribution in [0.4, 0.5) is 0 Å². The zero-order chi connectivity index (χ0) is 14.7. The third-order valence-electron chi connectivity index (χ3n) is 3.71. The van der Waals surface area contributed by atoms with Crippen molar-refractivity contribution in [3.63, 3.8) is 0 Å². The molecule has 0 fully saturated rings. The summed E-state index contributed by atoms with van der Waals surface area (Å²) in [5.74, 6) is 1.56. The number of ether oxygens (including phenoxy) is 1. The van der Waals surface area contributed by atoms with Gasteiger partial charge in [-0.3, -0.25) is 4.99 Å². The summed E-state index contributed by atoms with van der Waals surface area (Å²) in [4.78, 5) is 6.63. The van der Waals surface area contributed by atoms with E-state index in [1.54, 1.807) is 0 Å². The van der Waals surface area contributed by atoms with Crippen LogP contribution in [0.15, 0.2) is 29.3 Å². The predicted octanol–water partition coefficient (Wildman–Crippen LogP) is 2.94. The summed E-state index contributed by atoms with van der Waals surface area (Å²) < 4.78 is 5.78. The Bertz CT molecular complexity index is 484. The normalized spacial score (nSPS) is 20.1. The molecule has 1 aromatic rings. The number of benzene rings is 1. The molecule has 1 heterocycles. The first-order chi connectivity index (χ1) is 9.52. The second kappa shape index (κ2) is 6.16. The van der Waals surface area contributed by atoms with Gasteiger partial charge in [0.1, 0.15) is 5.75 Å². The van der Waals surface area contributed by atoms with E-state index in [2.05, 4.69) is 35.9 Å². The van der Waals surface area contributed by atoms with Crippen molar-refractivity contribution < 1.29 is 4.74 Å². The Morgan fingerprint density at radius 1 is 1.40 bits per heavy atom. The highest BCUT2D eigenvalue weighted by molar-refractivity contribution is 5.80. The smallest absolute Gasteiger partial charge is 0.192 e. The summed E-state index contributed by atoms with van der Waals surface area (Å²) in [6.45, 7) is 9.16. The van der Waals surface area contributed by atoms with Crippen molar-refractivity contribution in [3.05, 3.63) is 29.8 Å². The number of hydrogen-bond acceptors (Lipinski definition) is 4. The maximum absolute atomic E-state index is 6.05. The minimum atomic E-state index is 0.181. The molecule has 0 spiro atoms. The SMILES string of the molecule is CCC(C)N1C(N)=NCC1c1cccc(OC(C)C)c1. The molecule has 0 aromatic heterocycles. The van der Waals surface area contributed by atoms with Crippen LogP contribution in [0, 0.1) is 0 Å². The van der Waals surface area contributed by atoms with Gasteiger partial charge in [0.15, 0.2) is 5.96 Å². The molecule has 0 amide bonds. The van der Waals surface area contributed by atoms with E-state index in [4.69, 9.17) is 10.5 Å². The number of guanidine groups is 1. The van der Waals surface area contributed by atoms with Crippen molar-refractivity contribution in [1.29, 1.82) is 0 Å². The highest BCUT2D eigenvalue weighted by Crippen LogP contribution is 2.30. The Morgan fingerprint density at radius 2 is 2.15 bits per heavy atom. The Balaban J connectivity index is 2.22. The maximum atomic E-state index is 6.05. The van der Waals surface area contributed by atoms with E-state index in [-0.39, 0.29) is 12.1 Å². The van der Waals surface area contributed by atoms with Crippen LogP contribution in [0.2, 0.25) is 0 Å². The molecule has 2 unspecified atom stereocenters. The van der Waals surface area contributed by atoms with Crippen LogP contribution in [0.1, 0.15) is 45.7 Å². The number of nitrogens with two attached hydrogens (primary N) is 1. The molecular formula is C16H25N3O. The first kappa shape index (κ1) is 14.7. The van der Waals surface area contributed by atoms with Crippen LogP contribution in [0.3, 0.4) is 0 Å². The molecule has 4 nitrogen and oxygen atoms in total. The van der Waals surface area contributed by atoms with Gasteiger partial charge in [0, 0.05) is 6.04 Å². The number of aliphatic imine (C=N–C) groups is 1. The van der Waals surface area contributed by atoms with Gasteiger partial charge >= 0.3 is 0 Å². The van der Waals surface area contributed by atoms with Gasteiger partial charge in [-0.05, 0) is 44.9 Å². The van der Waals surface area contributed by atoms with Crippen LogP contribution < -0.4 is 10.5 Å². The number of hydrogen-bond donors (Lipinski definition) is 1. The van der Waals surface area contributed by atoms with Crippen LogP contribution in [0.5, 0.6) is 5.75 Å². The lowest BCUT2D eigenvalue weighted by atomic mass is 10.0. The fourth-order valence-corrected chi connectivity index (χ4v) is 2.57. The molecule has 0 bridgehead atoms. The van der Waals surface area contributed by atoms with E-state index < -0.39 is 0 Å². The van der Waals surface area contributed by atoms with E-state index >= 15 is 0 Å². The monoisotopic (exact) mass is 275 g/mol.